The van der Waals surface area contributed by atoms with E-state index in [4.69, 9.17) is 25.4 Å². The lowest BCUT2D eigenvalue weighted by atomic mass is 10.1. The van der Waals surface area contributed by atoms with Gasteiger partial charge >= 0.3 is 0 Å². The molecular formula is C32H46ClN3O10S2. The molecule has 0 saturated carbocycles. The molecule has 2 saturated heterocycles. The lowest BCUT2D eigenvalue weighted by Crippen LogP contribution is -2.49. The van der Waals surface area contributed by atoms with Crippen molar-refractivity contribution in [1.82, 2.24) is 9.80 Å². The van der Waals surface area contributed by atoms with E-state index in [1.807, 2.05) is 43.0 Å². The van der Waals surface area contributed by atoms with E-state index in [1.165, 1.54) is 24.3 Å². The van der Waals surface area contributed by atoms with Crippen molar-refractivity contribution in [2.75, 3.05) is 64.4 Å². The third kappa shape index (κ3) is 13.9. The Morgan fingerprint density at radius 2 is 1.17 bits per heavy atom. The van der Waals surface area contributed by atoms with Crippen molar-refractivity contribution in [2.24, 2.45) is 5.92 Å². The predicted octanol–water partition coefficient (Wildman–Crippen LogP) is 2.79. The molecule has 48 heavy (non-hydrogen) atoms. The van der Waals surface area contributed by atoms with Crippen LogP contribution in [0, 0.1) is 19.8 Å². The number of benzene rings is 3. The number of anilines is 1. The number of nitrogens with zero attached hydrogens (tertiary/aromatic N) is 3. The molecule has 0 bridgehead atoms. The summed E-state index contributed by atoms with van der Waals surface area (Å²) in [6, 6.07) is 19.5. The number of carbonyl (C=O) groups excluding carboxylic acids is 1. The van der Waals surface area contributed by atoms with Crippen molar-refractivity contribution < 1.29 is 46.4 Å². The molecule has 0 aromatic heterocycles. The summed E-state index contributed by atoms with van der Waals surface area (Å²) in [5.74, 6) is 0.366. The summed E-state index contributed by atoms with van der Waals surface area (Å²) in [6.45, 7) is 11.3. The fourth-order valence-corrected chi connectivity index (χ4v) is 6.02. The first-order chi connectivity index (χ1) is 21.7. The van der Waals surface area contributed by atoms with Crippen LogP contribution in [0.3, 0.4) is 0 Å². The number of halogens is 1. The van der Waals surface area contributed by atoms with Crippen molar-refractivity contribution in [3.63, 3.8) is 0 Å². The highest BCUT2D eigenvalue weighted by molar-refractivity contribution is 7.86. The summed E-state index contributed by atoms with van der Waals surface area (Å²) in [6.07, 6.45) is 0.936. The lowest BCUT2D eigenvalue weighted by molar-refractivity contribution is -0.121. The molecule has 1 amide bonds. The van der Waals surface area contributed by atoms with E-state index in [0.29, 0.717) is 5.02 Å². The zero-order valence-electron chi connectivity index (χ0n) is 27.2. The van der Waals surface area contributed by atoms with Gasteiger partial charge in [0.2, 0.25) is 5.91 Å². The van der Waals surface area contributed by atoms with Crippen molar-refractivity contribution in [2.45, 2.75) is 30.1 Å². The van der Waals surface area contributed by atoms with E-state index < -0.39 is 20.2 Å². The Morgan fingerprint density at radius 3 is 1.58 bits per heavy atom. The van der Waals surface area contributed by atoms with Crippen LogP contribution >= 0.6 is 11.6 Å². The Labute approximate surface area is 288 Å². The quantitative estimate of drug-likeness (QED) is 0.324. The zero-order chi connectivity index (χ0) is 33.9. The van der Waals surface area contributed by atoms with E-state index >= 15 is 0 Å². The normalized spacial score (nSPS) is 16.8. The molecule has 16 heteroatoms. The van der Waals surface area contributed by atoms with Crippen LogP contribution in [0.2, 0.25) is 5.02 Å². The van der Waals surface area contributed by atoms with E-state index in [1.54, 1.807) is 31.4 Å². The van der Waals surface area contributed by atoms with Gasteiger partial charge in [-0.05, 0) is 68.8 Å². The Kier molecular flexibility index (Phi) is 17.8. The van der Waals surface area contributed by atoms with Gasteiger partial charge in [-0.1, -0.05) is 47.0 Å². The number of ether oxygens (including phenoxy) is 1. The smallest absolute Gasteiger partial charge is 0.294 e. The zero-order valence-corrected chi connectivity index (χ0v) is 29.6. The van der Waals surface area contributed by atoms with Crippen molar-refractivity contribution in [1.29, 1.82) is 0 Å². The first kappa shape index (κ1) is 43.1. The van der Waals surface area contributed by atoms with Gasteiger partial charge in [-0.25, -0.2) is 0 Å². The second-order valence-electron chi connectivity index (χ2n) is 11.2. The number of rotatable bonds is 8. The number of piperazine rings is 1. The molecule has 2 heterocycles. The summed E-state index contributed by atoms with van der Waals surface area (Å²) in [7, 11) is -6.29. The minimum atomic E-state index is -4.02. The van der Waals surface area contributed by atoms with Gasteiger partial charge in [0, 0.05) is 63.6 Å². The second-order valence-corrected chi connectivity index (χ2v) is 14.4. The molecule has 1 atom stereocenters. The summed E-state index contributed by atoms with van der Waals surface area (Å²) >= 11 is 5.93. The van der Waals surface area contributed by atoms with Crippen LogP contribution in [0.4, 0.5) is 5.69 Å². The summed E-state index contributed by atoms with van der Waals surface area (Å²) in [5.41, 5.74) is 2.87. The van der Waals surface area contributed by atoms with Gasteiger partial charge in [-0.15, -0.1) is 0 Å². The van der Waals surface area contributed by atoms with Crippen molar-refractivity contribution >= 4 is 43.4 Å². The van der Waals surface area contributed by atoms with E-state index in [2.05, 4.69) is 9.80 Å². The van der Waals surface area contributed by atoms with E-state index in [0.717, 1.165) is 75.7 Å². The molecule has 2 fully saturated rings. The number of carbonyl (C=O) groups is 1. The molecule has 0 radical (unpaired) electrons. The number of amides is 1. The largest absolute Gasteiger partial charge is 0.412 e. The molecule has 0 spiro atoms. The Morgan fingerprint density at radius 1 is 0.729 bits per heavy atom. The first-order valence-electron chi connectivity index (χ1n) is 14.8. The maximum absolute atomic E-state index is 12.7. The van der Waals surface area contributed by atoms with Crippen LogP contribution in [0.5, 0.6) is 0 Å². The maximum Gasteiger partial charge on any atom is 0.294 e. The molecule has 5 rings (SSSR count). The van der Waals surface area contributed by atoms with Crippen LogP contribution in [0.15, 0.2) is 82.6 Å². The number of hydrogen-bond acceptors (Lipinski definition) is 8. The molecular weight excluding hydrogens is 686 g/mol. The third-order valence-corrected chi connectivity index (χ3v) is 9.64. The molecule has 3 aromatic rings. The van der Waals surface area contributed by atoms with Gasteiger partial charge in [0.25, 0.3) is 20.2 Å². The average Bonchev–Trinajstić information content (AvgIpc) is 3.36. The lowest BCUT2D eigenvalue weighted by Gasteiger charge is -2.35. The fraction of sp³-hybridized carbons (Fsp3) is 0.406. The van der Waals surface area contributed by atoms with E-state index in [9.17, 15) is 21.6 Å². The van der Waals surface area contributed by atoms with Crippen molar-refractivity contribution in [3.05, 3.63) is 88.9 Å². The number of methoxy groups -OCH3 is 1. The number of aryl methyl sites for hydroxylation is 2. The van der Waals surface area contributed by atoms with Gasteiger partial charge in [-0.3, -0.25) is 18.8 Å². The minimum Gasteiger partial charge on any atom is -0.412 e. The summed E-state index contributed by atoms with van der Waals surface area (Å²) < 4.78 is 64.2. The standard InChI is InChI=1S/C18H26ClN3O2.2C7H8O3S.2H2O/c1-24-13-12-20-8-10-21(11-9-20)14-15-6-7-22(18(15)23)17-4-2-16(19)3-5-17;2*1-6-2-4-7(5-3-6)11(8,9)10;;/h2-5,15H,6-14H2,1H3;2*2-5H,1H3,(H,8,9,10);2*1H2/t15-;;;;/m1..../s1. The molecule has 268 valence electrons. The predicted molar refractivity (Wildman–Crippen MR) is 186 cm³/mol. The third-order valence-electron chi connectivity index (χ3n) is 7.65. The SMILES string of the molecule is COCCN1CCN(C[C@H]2CCN(c3ccc(Cl)cc3)C2=O)CC1.Cc1ccc(S(=O)(=O)O)cc1.Cc1ccc(S(=O)(=O)O)cc1.O.O. The first-order valence-corrected chi connectivity index (χ1v) is 18.0. The average molecular weight is 732 g/mol. The summed E-state index contributed by atoms with van der Waals surface area (Å²) in [4.78, 5) is 19.3. The topological polar surface area (TPSA) is 208 Å². The van der Waals surface area contributed by atoms with Crippen LogP contribution in [-0.2, 0) is 29.8 Å². The molecule has 6 N–H and O–H groups in total. The van der Waals surface area contributed by atoms with Gasteiger partial charge in [0.1, 0.15) is 0 Å². The van der Waals surface area contributed by atoms with Crippen LogP contribution in [0.25, 0.3) is 0 Å². The molecule has 2 aliphatic rings. The Hall–Kier alpha value is -2.96. The van der Waals surface area contributed by atoms with Gasteiger partial charge in [0.05, 0.1) is 22.3 Å². The molecule has 0 aliphatic carbocycles. The maximum atomic E-state index is 12.7. The van der Waals surface area contributed by atoms with Crippen LogP contribution < -0.4 is 4.90 Å². The molecule has 13 nitrogen and oxygen atoms in total. The van der Waals surface area contributed by atoms with Gasteiger partial charge in [0.15, 0.2) is 0 Å². The van der Waals surface area contributed by atoms with Crippen LogP contribution in [0.1, 0.15) is 17.5 Å². The number of hydrogen-bond donors (Lipinski definition) is 2. The van der Waals surface area contributed by atoms with E-state index in [-0.39, 0.29) is 32.6 Å². The van der Waals surface area contributed by atoms with Gasteiger partial charge < -0.3 is 25.5 Å². The minimum absolute atomic E-state index is 0. The molecule has 3 aromatic carbocycles. The van der Waals surface area contributed by atoms with Crippen LogP contribution in [-0.4, -0.2) is 112 Å². The highest BCUT2D eigenvalue weighted by Crippen LogP contribution is 2.27. The highest BCUT2D eigenvalue weighted by Gasteiger charge is 2.34. The van der Waals surface area contributed by atoms with Gasteiger partial charge in [-0.2, -0.15) is 16.8 Å². The Balaban J connectivity index is 0.000000403. The summed E-state index contributed by atoms with van der Waals surface area (Å²) in [5, 5.41) is 0.702. The Bertz CT molecular complexity index is 1540. The molecule has 2 aliphatic heterocycles. The second kappa shape index (κ2) is 19.9. The molecule has 0 unspecified atom stereocenters. The highest BCUT2D eigenvalue weighted by atomic mass is 35.5. The van der Waals surface area contributed by atoms with Crippen molar-refractivity contribution in [3.8, 4) is 0 Å². The fourth-order valence-electron chi connectivity index (χ4n) is 4.93. The monoisotopic (exact) mass is 731 g/mol.